The molecule has 0 aliphatic rings. The number of methoxy groups -OCH3 is 4. The number of carbonyl (C=O) groups excluding carboxylic acids is 1. The molecule has 0 fully saturated rings. The van der Waals surface area contributed by atoms with Gasteiger partial charge in [-0.25, -0.2) is 4.98 Å². The van der Waals surface area contributed by atoms with Crippen molar-refractivity contribution in [2.45, 2.75) is 24.7 Å². The van der Waals surface area contributed by atoms with Crippen molar-refractivity contribution >= 4 is 28.6 Å². The largest absolute Gasteiger partial charge is 0.493 e. The number of thioether (sulfide) groups is 1. The molecule has 11 heteroatoms. The lowest BCUT2D eigenvalue weighted by atomic mass is 10.1. The summed E-state index contributed by atoms with van der Waals surface area (Å²) in [5.74, 6) is 2.64. The lowest BCUT2D eigenvalue weighted by Gasteiger charge is -2.15. The SMILES string of the molecule is COc1ccc(CCn2c(SCC(=O)NCc3ccco3)nc3cc(OC)c(OC)cc3c2=O)cc1OC. The van der Waals surface area contributed by atoms with Crippen molar-refractivity contribution in [2.75, 3.05) is 34.2 Å². The monoisotopic (exact) mass is 539 g/mol. The first-order chi connectivity index (χ1) is 18.5. The minimum absolute atomic E-state index is 0.0717. The predicted octanol–water partition coefficient (Wildman–Crippen LogP) is 3.68. The Hall–Kier alpha value is -4.12. The molecule has 0 spiro atoms. The van der Waals surface area contributed by atoms with Crippen molar-refractivity contribution in [1.82, 2.24) is 14.9 Å². The molecule has 0 saturated carbocycles. The molecular weight excluding hydrogens is 510 g/mol. The zero-order chi connectivity index (χ0) is 27.1. The zero-order valence-corrected chi connectivity index (χ0v) is 22.4. The summed E-state index contributed by atoms with van der Waals surface area (Å²) in [7, 11) is 6.19. The number of benzene rings is 2. The van der Waals surface area contributed by atoms with E-state index in [9.17, 15) is 9.59 Å². The van der Waals surface area contributed by atoms with E-state index in [1.807, 2.05) is 18.2 Å². The predicted molar refractivity (Wildman–Crippen MR) is 144 cm³/mol. The molecule has 2 heterocycles. The highest BCUT2D eigenvalue weighted by Gasteiger charge is 2.17. The van der Waals surface area contributed by atoms with Gasteiger partial charge in [0.05, 0.1) is 57.9 Å². The number of fused-ring (bicyclic) bond motifs is 1. The molecule has 2 aromatic carbocycles. The first kappa shape index (κ1) is 26.9. The number of aryl methyl sites for hydroxylation is 1. The van der Waals surface area contributed by atoms with Gasteiger partial charge in [0, 0.05) is 12.6 Å². The Bertz CT molecular complexity index is 1470. The van der Waals surface area contributed by atoms with Crippen LogP contribution in [0, 0.1) is 0 Å². The van der Waals surface area contributed by atoms with Crippen LogP contribution < -0.4 is 29.8 Å². The van der Waals surface area contributed by atoms with Gasteiger partial charge in [0.25, 0.3) is 5.56 Å². The summed E-state index contributed by atoms with van der Waals surface area (Å²) in [6, 6.07) is 12.5. The highest BCUT2D eigenvalue weighted by atomic mass is 32.2. The Morgan fingerprint density at radius 2 is 1.68 bits per heavy atom. The number of amides is 1. The summed E-state index contributed by atoms with van der Waals surface area (Å²) in [4.78, 5) is 30.9. The van der Waals surface area contributed by atoms with Gasteiger partial charge in [0.1, 0.15) is 5.76 Å². The number of furan rings is 1. The summed E-state index contributed by atoms with van der Waals surface area (Å²) in [5, 5.41) is 3.62. The minimum atomic E-state index is -0.241. The normalized spacial score (nSPS) is 10.8. The van der Waals surface area contributed by atoms with Gasteiger partial charge in [-0.1, -0.05) is 17.8 Å². The summed E-state index contributed by atoms with van der Waals surface area (Å²) < 4.78 is 28.3. The molecule has 200 valence electrons. The van der Waals surface area contributed by atoms with Crippen molar-refractivity contribution in [3.63, 3.8) is 0 Å². The minimum Gasteiger partial charge on any atom is -0.493 e. The molecule has 1 amide bonds. The number of aromatic nitrogens is 2. The van der Waals surface area contributed by atoms with Crippen LogP contribution in [0.4, 0.5) is 0 Å². The van der Waals surface area contributed by atoms with Crippen LogP contribution in [0.2, 0.25) is 0 Å². The number of nitrogens with one attached hydrogen (secondary N) is 1. The van der Waals surface area contributed by atoms with E-state index < -0.39 is 0 Å². The average molecular weight is 540 g/mol. The van der Waals surface area contributed by atoms with E-state index in [4.69, 9.17) is 28.3 Å². The molecular formula is C27H29N3O7S. The molecule has 10 nitrogen and oxygen atoms in total. The van der Waals surface area contributed by atoms with Crippen LogP contribution in [-0.2, 0) is 24.3 Å². The van der Waals surface area contributed by atoms with Crippen LogP contribution in [0.3, 0.4) is 0 Å². The number of nitrogens with zero attached hydrogens (tertiary/aromatic N) is 2. The second-order valence-corrected chi connectivity index (χ2v) is 9.10. The number of rotatable bonds is 12. The number of ether oxygens (including phenoxy) is 4. The van der Waals surface area contributed by atoms with E-state index >= 15 is 0 Å². The molecule has 4 aromatic rings. The van der Waals surface area contributed by atoms with Gasteiger partial charge in [-0.15, -0.1) is 0 Å². The van der Waals surface area contributed by atoms with Gasteiger partial charge >= 0.3 is 0 Å². The standard InChI is InChI=1S/C27H29N3O7S/c1-33-21-8-7-17(12-22(21)34-2)9-10-30-26(32)19-13-23(35-3)24(36-4)14-20(19)29-27(30)38-16-25(31)28-15-18-6-5-11-37-18/h5-8,11-14H,9-10,15-16H2,1-4H3,(H,28,31). The van der Waals surface area contributed by atoms with Gasteiger partial charge in [0.2, 0.25) is 5.91 Å². The summed E-state index contributed by atoms with van der Waals surface area (Å²) in [6.45, 7) is 0.614. The van der Waals surface area contributed by atoms with E-state index in [-0.39, 0.29) is 23.8 Å². The highest BCUT2D eigenvalue weighted by molar-refractivity contribution is 7.99. The Morgan fingerprint density at radius 3 is 2.37 bits per heavy atom. The van der Waals surface area contributed by atoms with Gasteiger partial charge in [0.15, 0.2) is 28.2 Å². The fraction of sp³-hybridized carbons (Fsp3) is 0.296. The third-order valence-electron chi connectivity index (χ3n) is 5.87. The Balaban J connectivity index is 1.63. The second-order valence-electron chi connectivity index (χ2n) is 8.16. The van der Waals surface area contributed by atoms with E-state index in [2.05, 4.69) is 5.32 Å². The van der Waals surface area contributed by atoms with Crippen molar-refractivity contribution in [3.05, 3.63) is 70.4 Å². The van der Waals surface area contributed by atoms with Crippen LogP contribution in [-0.4, -0.2) is 49.7 Å². The van der Waals surface area contributed by atoms with Crippen LogP contribution in [0.15, 0.2) is 63.1 Å². The van der Waals surface area contributed by atoms with E-state index in [0.717, 1.165) is 5.56 Å². The van der Waals surface area contributed by atoms with Crippen molar-refractivity contribution in [1.29, 1.82) is 0 Å². The third-order valence-corrected chi connectivity index (χ3v) is 6.85. The highest BCUT2D eigenvalue weighted by Crippen LogP contribution is 2.31. The Morgan fingerprint density at radius 1 is 0.974 bits per heavy atom. The number of carbonyl (C=O) groups is 1. The quantitative estimate of drug-likeness (QED) is 0.213. The number of hydrogen-bond acceptors (Lipinski definition) is 9. The van der Waals surface area contributed by atoms with E-state index in [1.165, 1.54) is 26.0 Å². The fourth-order valence-corrected chi connectivity index (χ4v) is 4.75. The Kier molecular flexibility index (Phi) is 8.80. The molecule has 1 N–H and O–H groups in total. The molecule has 38 heavy (non-hydrogen) atoms. The fourth-order valence-electron chi connectivity index (χ4n) is 3.89. The topological polar surface area (TPSA) is 114 Å². The zero-order valence-electron chi connectivity index (χ0n) is 21.6. The van der Waals surface area contributed by atoms with Crippen molar-refractivity contribution in [3.8, 4) is 23.0 Å². The van der Waals surface area contributed by atoms with E-state index in [0.29, 0.717) is 57.8 Å². The maximum Gasteiger partial charge on any atom is 0.262 e. The van der Waals surface area contributed by atoms with Gasteiger partial charge in [-0.3, -0.25) is 14.2 Å². The number of hydrogen-bond donors (Lipinski definition) is 1. The first-order valence-electron chi connectivity index (χ1n) is 11.8. The van der Waals surface area contributed by atoms with Crippen LogP contribution >= 0.6 is 11.8 Å². The van der Waals surface area contributed by atoms with E-state index in [1.54, 1.807) is 49.3 Å². The van der Waals surface area contributed by atoms with Crippen LogP contribution in [0.25, 0.3) is 10.9 Å². The van der Waals surface area contributed by atoms with Crippen LogP contribution in [0.1, 0.15) is 11.3 Å². The molecule has 0 atom stereocenters. The lowest BCUT2D eigenvalue weighted by Crippen LogP contribution is -2.27. The molecule has 0 unspecified atom stereocenters. The molecule has 0 bridgehead atoms. The summed E-state index contributed by atoms with van der Waals surface area (Å²) in [5.41, 5.74) is 1.16. The van der Waals surface area contributed by atoms with Gasteiger partial charge < -0.3 is 28.7 Å². The maximum absolute atomic E-state index is 13.6. The third kappa shape index (κ3) is 6.05. The second kappa shape index (κ2) is 12.4. The molecule has 4 rings (SSSR count). The molecule has 0 aliphatic heterocycles. The maximum atomic E-state index is 13.6. The molecule has 0 radical (unpaired) electrons. The van der Waals surface area contributed by atoms with Gasteiger partial charge in [-0.2, -0.15) is 0 Å². The summed E-state index contributed by atoms with van der Waals surface area (Å²) >= 11 is 1.19. The lowest BCUT2D eigenvalue weighted by molar-refractivity contribution is -0.118. The first-order valence-corrected chi connectivity index (χ1v) is 12.7. The molecule has 0 aliphatic carbocycles. The smallest absolute Gasteiger partial charge is 0.262 e. The van der Waals surface area contributed by atoms with Crippen molar-refractivity contribution < 1.29 is 28.2 Å². The average Bonchev–Trinajstić information content (AvgIpc) is 3.47. The Labute approximate surface area is 223 Å². The van der Waals surface area contributed by atoms with Crippen LogP contribution in [0.5, 0.6) is 23.0 Å². The molecule has 0 saturated heterocycles. The van der Waals surface area contributed by atoms with Gasteiger partial charge in [-0.05, 0) is 42.3 Å². The van der Waals surface area contributed by atoms with Crippen molar-refractivity contribution in [2.24, 2.45) is 0 Å². The molecule has 2 aromatic heterocycles. The summed E-state index contributed by atoms with van der Waals surface area (Å²) in [6.07, 6.45) is 2.08.